The molecule has 0 saturated carbocycles. The van der Waals surface area contributed by atoms with Gasteiger partial charge >= 0.3 is 0 Å². The van der Waals surface area contributed by atoms with E-state index in [1.54, 1.807) is 0 Å². The van der Waals surface area contributed by atoms with Gasteiger partial charge in [0, 0.05) is 25.7 Å². The predicted octanol–water partition coefficient (Wildman–Crippen LogP) is 2.14. The van der Waals surface area contributed by atoms with Crippen molar-refractivity contribution in [2.75, 3.05) is 31.1 Å². The zero-order valence-corrected chi connectivity index (χ0v) is 15.9. The zero-order chi connectivity index (χ0) is 17.0. The fraction of sp³-hybridized carbons (Fsp3) is 0.941. The number of piperidine rings is 1. The van der Waals surface area contributed by atoms with E-state index >= 15 is 0 Å². The van der Waals surface area contributed by atoms with Crippen LogP contribution in [-0.4, -0.2) is 56.5 Å². The number of sulfone groups is 1. The number of aliphatic imine (C=N–C) groups is 1. The van der Waals surface area contributed by atoms with Gasteiger partial charge in [0.2, 0.25) is 0 Å². The maximum Gasteiger partial charge on any atom is 0.194 e. The molecule has 0 aromatic heterocycles. The topological polar surface area (TPSA) is 61.8 Å². The maximum atomic E-state index is 11.6. The minimum Gasteiger partial charge on any atom is -0.354 e. The molecule has 2 saturated heterocycles. The molecule has 2 fully saturated rings. The molecule has 4 unspecified atom stereocenters. The Labute approximate surface area is 141 Å². The van der Waals surface area contributed by atoms with Gasteiger partial charge in [0.1, 0.15) is 0 Å². The molecule has 0 aliphatic carbocycles. The molecule has 23 heavy (non-hydrogen) atoms. The van der Waals surface area contributed by atoms with Crippen molar-refractivity contribution >= 4 is 15.8 Å². The Kier molecular flexibility index (Phi) is 6.34. The molecule has 2 aliphatic heterocycles. The van der Waals surface area contributed by atoms with E-state index < -0.39 is 9.84 Å². The average molecular weight is 344 g/mol. The molecule has 2 heterocycles. The van der Waals surface area contributed by atoms with Crippen molar-refractivity contribution in [2.24, 2.45) is 22.7 Å². The third-order valence-corrected chi connectivity index (χ3v) is 7.28. The summed E-state index contributed by atoms with van der Waals surface area (Å²) in [5, 5.41) is 3.54. The van der Waals surface area contributed by atoms with Crippen LogP contribution in [0.25, 0.3) is 0 Å². The Morgan fingerprint density at radius 1 is 1.30 bits per heavy atom. The summed E-state index contributed by atoms with van der Waals surface area (Å²) in [7, 11) is -2.82. The Hall–Kier alpha value is -0.780. The van der Waals surface area contributed by atoms with E-state index in [4.69, 9.17) is 4.99 Å². The van der Waals surface area contributed by atoms with Gasteiger partial charge in [-0.2, -0.15) is 0 Å². The standard InChI is InChI=1S/C17H33N3O2S/c1-5-15(4)19-17(20-8-6-13(2)14(3)11-20)18-10-16-7-9-23(21,22)12-16/h13-16H,5-12H2,1-4H3,(H,18,19). The molecule has 6 heteroatoms. The second-order valence-corrected chi connectivity index (χ2v) is 9.80. The normalized spacial score (nSPS) is 32.8. The summed E-state index contributed by atoms with van der Waals surface area (Å²) >= 11 is 0. The van der Waals surface area contributed by atoms with E-state index in [0.717, 1.165) is 37.8 Å². The number of hydrogen-bond donors (Lipinski definition) is 1. The largest absolute Gasteiger partial charge is 0.354 e. The van der Waals surface area contributed by atoms with Crippen LogP contribution in [0.15, 0.2) is 4.99 Å². The lowest BCUT2D eigenvalue weighted by atomic mass is 9.89. The molecule has 0 bridgehead atoms. The molecule has 0 radical (unpaired) electrons. The Balaban J connectivity index is 2.03. The lowest BCUT2D eigenvalue weighted by Crippen LogP contribution is -2.50. The Morgan fingerprint density at radius 2 is 2.04 bits per heavy atom. The molecule has 0 spiro atoms. The van der Waals surface area contributed by atoms with E-state index in [1.807, 2.05) is 0 Å². The predicted molar refractivity (Wildman–Crippen MR) is 96.5 cm³/mol. The molecule has 5 nitrogen and oxygen atoms in total. The fourth-order valence-electron chi connectivity index (χ4n) is 3.25. The number of nitrogens with one attached hydrogen (secondary N) is 1. The summed E-state index contributed by atoms with van der Waals surface area (Å²) in [5.41, 5.74) is 0. The van der Waals surface area contributed by atoms with Gasteiger partial charge < -0.3 is 10.2 Å². The molecule has 4 atom stereocenters. The molecular formula is C17H33N3O2S. The maximum absolute atomic E-state index is 11.6. The SMILES string of the molecule is CCC(C)NC(=NCC1CCS(=O)(=O)C1)N1CCC(C)C(C)C1. The van der Waals surface area contributed by atoms with E-state index in [9.17, 15) is 8.42 Å². The highest BCUT2D eigenvalue weighted by molar-refractivity contribution is 7.91. The quantitative estimate of drug-likeness (QED) is 0.627. The lowest BCUT2D eigenvalue weighted by Gasteiger charge is -2.38. The zero-order valence-electron chi connectivity index (χ0n) is 15.1. The Morgan fingerprint density at radius 3 is 2.61 bits per heavy atom. The first kappa shape index (κ1) is 18.6. The highest BCUT2D eigenvalue weighted by Gasteiger charge is 2.29. The smallest absolute Gasteiger partial charge is 0.194 e. The van der Waals surface area contributed by atoms with E-state index in [2.05, 4.69) is 37.9 Å². The van der Waals surface area contributed by atoms with Crippen molar-refractivity contribution in [1.82, 2.24) is 10.2 Å². The molecule has 2 aliphatic rings. The van der Waals surface area contributed by atoms with Gasteiger partial charge in [0.15, 0.2) is 15.8 Å². The number of hydrogen-bond acceptors (Lipinski definition) is 3. The van der Waals surface area contributed by atoms with Crippen molar-refractivity contribution in [1.29, 1.82) is 0 Å². The molecule has 2 rings (SSSR count). The summed E-state index contributed by atoms with van der Waals surface area (Å²) < 4.78 is 23.2. The van der Waals surface area contributed by atoms with Crippen LogP contribution in [0.2, 0.25) is 0 Å². The van der Waals surface area contributed by atoms with E-state index in [1.165, 1.54) is 6.42 Å². The molecular weight excluding hydrogens is 310 g/mol. The fourth-order valence-corrected chi connectivity index (χ4v) is 5.10. The van der Waals surface area contributed by atoms with Gasteiger partial charge in [0.05, 0.1) is 11.5 Å². The molecule has 134 valence electrons. The van der Waals surface area contributed by atoms with E-state index in [-0.39, 0.29) is 5.92 Å². The molecule has 0 aromatic rings. The summed E-state index contributed by atoms with van der Waals surface area (Å²) in [5.74, 6) is 3.23. The van der Waals surface area contributed by atoms with Crippen molar-refractivity contribution in [2.45, 2.75) is 53.0 Å². The van der Waals surface area contributed by atoms with Gasteiger partial charge in [-0.3, -0.25) is 4.99 Å². The van der Waals surface area contributed by atoms with Crippen molar-refractivity contribution < 1.29 is 8.42 Å². The van der Waals surface area contributed by atoms with Gasteiger partial charge in [0.25, 0.3) is 0 Å². The first-order valence-electron chi connectivity index (χ1n) is 9.07. The van der Waals surface area contributed by atoms with Crippen molar-refractivity contribution in [3.05, 3.63) is 0 Å². The minimum atomic E-state index is -2.82. The van der Waals surface area contributed by atoms with Crippen LogP contribution in [0, 0.1) is 17.8 Å². The first-order valence-corrected chi connectivity index (χ1v) is 10.9. The number of nitrogens with zero attached hydrogens (tertiary/aromatic N) is 2. The number of likely N-dealkylation sites (tertiary alicyclic amines) is 1. The van der Waals surface area contributed by atoms with Gasteiger partial charge in [-0.05, 0) is 43.9 Å². The number of guanidine groups is 1. The van der Waals surface area contributed by atoms with Crippen LogP contribution >= 0.6 is 0 Å². The second-order valence-electron chi connectivity index (χ2n) is 7.58. The molecule has 0 amide bonds. The summed E-state index contributed by atoms with van der Waals surface area (Å²) in [6.07, 6.45) is 3.01. The van der Waals surface area contributed by atoms with Gasteiger partial charge in [-0.1, -0.05) is 20.8 Å². The molecule has 1 N–H and O–H groups in total. The van der Waals surface area contributed by atoms with Crippen LogP contribution in [-0.2, 0) is 9.84 Å². The van der Waals surface area contributed by atoms with Crippen LogP contribution in [0.5, 0.6) is 0 Å². The number of rotatable bonds is 4. The third-order valence-electron chi connectivity index (χ3n) is 5.45. The minimum absolute atomic E-state index is 0.190. The van der Waals surface area contributed by atoms with Gasteiger partial charge in [-0.15, -0.1) is 0 Å². The Bertz CT molecular complexity index is 518. The molecule has 0 aromatic carbocycles. The summed E-state index contributed by atoms with van der Waals surface area (Å²) in [6, 6.07) is 0.385. The van der Waals surface area contributed by atoms with Crippen molar-refractivity contribution in [3.63, 3.8) is 0 Å². The second kappa shape index (κ2) is 7.86. The van der Waals surface area contributed by atoms with Crippen LogP contribution in [0.4, 0.5) is 0 Å². The summed E-state index contributed by atoms with van der Waals surface area (Å²) in [4.78, 5) is 7.17. The van der Waals surface area contributed by atoms with Crippen LogP contribution in [0.1, 0.15) is 47.0 Å². The highest BCUT2D eigenvalue weighted by atomic mass is 32.2. The van der Waals surface area contributed by atoms with E-state index in [0.29, 0.717) is 30.0 Å². The summed E-state index contributed by atoms with van der Waals surface area (Å²) in [6.45, 7) is 11.7. The van der Waals surface area contributed by atoms with Crippen LogP contribution in [0.3, 0.4) is 0 Å². The van der Waals surface area contributed by atoms with Crippen LogP contribution < -0.4 is 5.32 Å². The average Bonchev–Trinajstić information content (AvgIpc) is 2.85. The monoisotopic (exact) mass is 343 g/mol. The van der Waals surface area contributed by atoms with Crippen molar-refractivity contribution in [3.8, 4) is 0 Å². The lowest BCUT2D eigenvalue weighted by molar-refractivity contribution is 0.198. The third kappa shape index (κ3) is 5.37. The van der Waals surface area contributed by atoms with Gasteiger partial charge in [-0.25, -0.2) is 8.42 Å². The highest BCUT2D eigenvalue weighted by Crippen LogP contribution is 2.23. The first-order chi connectivity index (χ1) is 10.8.